The van der Waals surface area contributed by atoms with Crippen LogP contribution in [0.5, 0.6) is 0 Å². The molecule has 2 nitrogen and oxygen atoms in total. The number of rotatable bonds is 4. The van der Waals surface area contributed by atoms with Crippen molar-refractivity contribution in [3.05, 3.63) is 64.2 Å². The molecule has 0 amide bonds. The van der Waals surface area contributed by atoms with Gasteiger partial charge in [0.15, 0.2) is 0 Å². The predicted molar refractivity (Wildman–Crippen MR) is 73.7 cm³/mol. The van der Waals surface area contributed by atoms with Crippen molar-refractivity contribution in [2.24, 2.45) is 0 Å². The van der Waals surface area contributed by atoms with Crippen LogP contribution in [0.25, 0.3) is 0 Å². The first-order valence-corrected chi connectivity index (χ1v) is 6.54. The molecular weight excluding hydrogens is 265 g/mol. The molecule has 1 unspecified atom stereocenters. The Morgan fingerprint density at radius 3 is 2.68 bits per heavy atom. The molecule has 1 N–H and O–H groups in total. The molecule has 0 saturated heterocycles. The smallest absolute Gasteiger partial charge is 0.142 e. The minimum absolute atomic E-state index is 0.0568. The summed E-state index contributed by atoms with van der Waals surface area (Å²) < 4.78 is 13.3. The first-order chi connectivity index (χ1) is 9.10. The van der Waals surface area contributed by atoms with Crippen LogP contribution in [0.3, 0.4) is 0 Å². The van der Waals surface area contributed by atoms with Gasteiger partial charge in [-0.1, -0.05) is 30.7 Å². The highest BCUT2D eigenvalue weighted by atomic mass is 35.5. The van der Waals surface area contributed by atoms with Crippen LogP contribution < -0.4 is 0 Å². The Morgan fingerprint density at radius 1 is 1.32 bits per heavy atom. The monoisotopic (exact) mass is 279 g/mol. The van der Waals surface area contributed by atoms with E-state index in [-0.39, 0.29) is 5.02 Å². The van der Waals surface area contributed by atoms with Crippen LogP contribution in [0.4, 0.5) is 4.39 Å². The highest BCUT2D eigenvalue weighted by Crippen LogP contribution is 2.22. The lowest BCUT2D eigenvalue weighted by molar-refractivity contribution is 0.177. The lowest BCUT2D eigenvalue weighted by Gasteiger charge is -2.11. The van der Waals surface area contributed by atoms with Crippen LogP contribution in [0, 0.1) is 5.82 Å². The summed E-state index contributed by atoms with van der Waals surface area (Å²) >= 11 is 5.61. The van der Waals surface area contributed by atoms with Crippen molar-refractivity contribution in [3.63, 3.8) is 0 Å². The first kappa shape index (κ1) is 14.0. The van der Waals surface area contributed by atoms with E-state index < -0.39 is 11.9 Å². The van der Waals surface area contributed by atoms with Gasteiger partial charge in [-0.15, -0.1) is 0 Å². The molecule has 100 valence electrons. The molecule has 1 atom stereocenters. The van der Waals surface area contributed by atoms with Gasteiger partial charge in [0.25, 0.3) is 0 Å². The molecule has 0 spiro atoms. The second-order valence-electron chi connectivity index (χ2n) is 4.40. The van der Waals surface area contributed by atoms with E-state index in [9.17, 15) is 9.50 Å². The van der Waals surface area contributed by atoms with Crippen LogP contribution in [0.15, 0.2) is 36.5 Å². The van der Waals surface area contributed by atoms with Gasteiger partial charge in [-0.2, -0.15) is 0 Å². The molecule has 0 aliphatic carbocycles. The predicted octanol–water partition coefficient (Wildman–Crippen LogP) is 3.71. The molecule has 1 aromatic heterocycles. The summed E-state index contributed by atoms with van der Waals surface area (Å²) in [7, 11) is 0. The fourth-order valence-corrected chi connectivity index (χ4v) is 1.94. The van der Waals surface area contributed by atoms with Gasteiger partial charge in [-0.3, -0.25) is 4.98 Å². The van der Waals surface area contributed by atoms with E-state index in [1.165, 1.54) is 12.1 Å². The summed E-state index contributed by atoms with van der Waals surface area (Å²) in [5.74, 6) is -0.521. The maximum atomic E-state index is 13.3. The fourth-order valence-electron chi connectivity index (χ4n) is 1.82. The minimum Gasteiger partial charge on any atom is -0.388 e. The zero-order valence-corrected chi connectivity index (χ0v) is 11.4. The molecule has 0 aliphatic rings. The van der Waals surface area contributed by atoms with E-state index in [0.29, 0.717) is 12.0 Å². The van der Waals surface area contributed by atoms with E-state index in [0.717, 1.165) is 17.7 Å². The Morgan fingerprint density at radius 2 is 2.11 bits per heavy atom. The Hall–Kier alpha value is -1.45. The molecular formula is C15H15ClFNO. The SMILES string of the molecule is CCc1ccc(CC(O)c2ccc(Cl)c(F)c2)nc1. The number of aromatic nitrogens is 1. The Labute approximate surface area is 116 Å². The number of benzene rings is 1. The lowest BCUT2D eigenvalue weighted by Crippen LogP contribution is -2.04. The van der Waals surface area contributed by atoms with Gasteiger partial charge in [0.2, 0.25) is 0 Å². The van der Waals surface area contributed by atoms with Gasteiger partial charge in [-0.05, 0) is 35.7 Å². The third-order valence-electron chi connectivity index (χ3n) is 3.03. The molecule has 2 rings (SSSR count). The number of hydrogen-bond acceptors (Lipinski definition) is 2. The van der Waals surface area contributed by atoms with Crippen molar-refractivity contribution in [1.29, 1.82) is 0 Å². The number of hydrogen-bond donors (Lipinski definition) is 1. The number of halogens is 2. The number of pyridine rings is 1. The molecule has 1 aromatic carbocycles. The number of nitrogens with zero attached hydrogens (tertiary/aromatic N) is 1. The van der Waals surface area contributed by atoms with Crippen LogP contribution in [-0.4, -0.2) is 10.1 Å². The van der Waals surface area contributed by atoms with Crippen LogP contribution in [0.2, 0.25) is 5.02 Å². The molecule has 4 heteroatoms. The minimum atomic E-state index is -0.785. The van der Waals surface area contributed by atoms with Crippen molar-refractivity contribution in [1.82, 2.24) is 4.98 Å². The van der Waals surface area contributed by atoms with E-state index in [1.807, 2.05) is 12.1 Å². The number of aliphatic hydroxyl groups excluding tert-OH is 1. The van der Waals surface area contributed by atoms with Crippen LogP contribution >= 0.6 is 11.6 Å². The average Bonchev–Trinajstić information content (AvgIpc) is 2.42. The van der Waals surface area contributed by atoms with Gasteiger partial charge in [0.1, 0.15) is 5.82 Å². The Bertz CT molecular complexity index is 557. The first-order valence-electron chi connectivity index (χ1n) is 6.17. The molecule has 0 bridgehead atoms. The average molecular weight is 280 g/mol. The van der Waals surface area contributed by atoms with Gasteiger partial charge in [0, 0.05) is 18.3 Å². The van der Waals surface area contributed by atoms with Gasteiger partial charge in [0.05, 0.1) is 11.1 Å². The molecule has 19 heavy (non-hydrogen) atoms. The van der Waals surface area contributed by atoms with Crippen molar-refractivity contribution in [2.45, 2.75) is 25.9 Å². The zero-order valence-electron chi connectivity index (χ0n) is 10.6. The maximum Gasteiger partial charge on any atom is 0.142 e. The zero-order chi connectivity index (χ0) is 13.8. The topological polar surface area (TPSA) is 33.1 Å². The highest BCUT2D eigenvalue weighted by Gasteiger charge is 2.11. The van der Waals surface area contributed by atoms with Crippen LogP contribution in [-0.2, 0) is 12.8 Å². The summed E-state index contributed by atoms with van der Waals surface area (Å²) in [6, 6.07) is 8.19. The third-order valence-corrected chi connectivity index (χ3v) is 3.33. The molecule has 0 fully saturated rings. The quantitative estimate of drug-likeness (QED) is 0.925. The van der Waals surface area contributed by atoms with Crippen LogP contribution in [0.1, 0.15) is 29.8 Å². The summed E-state index contributed by atoms with van der Waals surface area (Å²) in [4.78, 5) is 4.28. The highest BCUT2D eigenvalue weighted by molar-refractivity contribution is 6.30. The van der Waals surface area contributed by atoms with E-state index in [2.05, 4.69) is 11.9 Å². The summed E-state index contributed by atoms with van der Waals surface area (Å²) in [5.41, 5.74) is 2.43. The Balaban J connectivity index is 2.10. The van der Waals surface area contributed by atoms with Gasteiger partial charge in [-0.25, -0.2) is 4.39 Å². The summed E-state index contributed by atoms with van der Waals surface area (Å²) in [6.07, 6.45) is 2.29. The maximum absolute atomic E-state index is 13.3. The van der Waals surface area contributed by atoms with Crippen molar-refractivity contribution < 1.29 is 9.50 Å². The Kier molecular flexibility index (Phi) is 4.51. The lowest BCUT2D eigenvalue weighted by atomic mass is 10.0. The van der Waals surface area contributed by atoms with E-state index in [1.54, 1.807) is 12.3 Å². The molecule has 0 radical (unpaired) electrons. The molecule has 0 aliphatic heterocycles. The standard InChI is InChI=1S/C15H15ClFNO/c1-2-10-3-5-12(18-9-10)8-15(19)11-4-6-13(16)14(17)7-11/h3-7,9,15,19H,2,8H2,1H3. The van der Waals surface area contributed by atoms with Crippen molar-refractivity contribution in [2.75, 3.05) is 0 Å². The summed E-state index contributed by atoms with van der Waals surface area (Å²) in [6.45, 7) is 2.06. The van der Waals surface area contributed by atoms with E-state index >= 15 is 0 Å². The fraction of sp³-hybridized carbons (Fsp3) is 0.267. The molecule has 2 aromatic rings. The second-order valence-corrected chi connectivity index (χ2v) is 4.81. The normalized spacial score (nSPS) is 12.4. The number of aliphatic hydroxyl groups is 1. The molecule has 0 saturated carbocycles. The molecule has 1 heterocycles. The van der Waals surface area contributed by atoms with Gasteiger partial charge >= 0.3 is 0 Å². The van der Waals surface area contributed by atoms with Crippen molar-refractivity contribution in [3.8, 4) is 0 Å². The second kappa shape index (κ2) is 6.13. The number of aryl methyl sites for hydroxylation is 1. The van der Waals surface area contributed by atoms with Gasteiger partial charge < -0.3 is 5.11 Å². The largest absolute Gasteiger partial charge is 0.388 e. The van der Waals surface area contributed by atoms with Crippen molar-refractivity contribution >= 4 is 11.6 Å². The third kappa shape index (κ3) is 3.52. The summed E-state index contributed by atoms with van der Waals surface area (Å²) in [5, 5.41) is 10.1. The van der Waals surface area contributed by atoms with E-state index in [4.69, 9.17) is 11.6 Å².